The van der Waals surface area contributed by atoms with E-state index in [1.54, 1.807) is 30.6 Å². The smallest absolute Gasteiger partial charge is 0.304 e. The number of halogens is 3. The van der Waals surface area contributed by atoms with Crippen molar-refractivity contribution in [1.29, 1.82) is 0 Å². The molecule has 3 aromatic carbocycles. The van der Waals surface area contributed by atoms with E-state index in [9.17, 15) is 23.6 Å². The highest BCUT2D eigenvalue weighted by Crippen LogP contribution is 2.33. The van der Waals surface area contributed by atoms with Gasteiger partial charge in [-0.1, -0.05) is 85.6 Å². The lowest BCUT2D eigenvalue weighted by Gasteiger charge is -2.23. The molecular formula is C37H35Cl2FN4O6S2. The van der Waals surface area contributed by atoms with Gasteiger partial charge in [-0.15, -0.1) is 22.7 Å². The fourth-order valence-corrected chi connectivity index (χ4v) is 7.07. The van der Waals surface area contributed by atoms with Crippen molar-refractivity contribution in [3.05, 3.63) is 105 Å². The number of amides is 2. The molecule has 5 aromatic rings. The van der Waals surface area contributed by atoms with Gasteiger partial charge < -0.3 is 15.5 Å². The molecule has 0 aliphatic rings. The van der Waals surface area contributed by atoms with Crippen molar-refractivity contribution in [2.75, 3.05) is 17.3 Å². The molecular weight excluding hydrogens is 750 g/mol. The number of carboxylic acid groups (broad SMARTS) is 2. The summed E-state index contributed by atoms with van der Waals surface area (Å²) in [7, 11) is 1.62. The largest absolute Gasteiger partial charge is 0.481 e. The van der Waals surface area contributed by atoms with Gasteiger partial charge in [0.05, 0.1) is 36.1 Å². The Morgan fingerprint density at radius 3 is 1.96 bits per heavy atom. The summed E-state index contributed by atoms with van der Waals surface area (Å²) in [4.78, 5) is 57.7. The summed E-state index contributed by atoms with van der Waals surface area (Å²) >= 11 is 14.9. The van der Waals surface area contributed by atoms with Crippen molar-refractivity contribution in [3.63, 3.8) is 0 Å². The van der Waals surface area contributed by atoms with Crippen LogP contribution in [0, 0.1) is 23.6 Å². The van der Waals surface area contributed by atoms with Crippen LogP contribution in [0.2, 0.25) is 10.0 Å². The van der Waals surface area contributed by atoms with Crippen LogP contribution in [0.5, 0.6) is 0 Å². The molecule has 2 amide bonds. The van der Waals surface area contributed by atoms with Crippen molar-refractivity contribution >= 4 is 79.9 Å². The molecule has 0 bridgehead atoms. The van der Waals surface area contributed by atoms with Crippen molar-refractivity contribution in [3.8, 4) is 22.5 Å². The molecule has 0 radical (unpaired) electrons. The average molecular weight is 786 g/mol. The second kappa shape index (κ2) is 18.7. The van der Waals surface area contributed by atoms with E-state index in [1.807, 2.05) is 55.6 Å². The summed E-state index contributed by atoms with van der Waals surface area (Å²) in [5.41, 5.74) is 3.40. The van der Waals surface area contributed by atoms with Gasteiger partial charge in [-0.25, -0.2) is 14.4 Å². The minimum absolute atomic E-state index is 0.0703. The van der Waals surface area contributed by atoms with Gasteiger partial charge in [0.15, 0.2) is 10.3 Å². The van der Waals surface area contributed by atoms with Crippen LogP contribution in [0.3, 0.4) is 0 Å². The molecule has 52 heavy (non-hydrogen) atoms. The minimum Gasteiger partial charge on any atom is -0.481 e. The van der Waals surface area contributed by atoms with Crippen LogP contribution in [-0.4, -0.2) is 51.0 Å². The Balaban J connectivity index is 0.000000236. The Morgan fingerprint density at radius 1 is 0.827 bits per heavy atom. The number of anilines is 2. The molecule has 2 atom stereocenters. The second-order valence-corrected chi connectivity index (χ2v) is 14.5. The lowest BCUT2D eigenvalue weighted by Crippen LogP contribution is -2.36. The minimum atomic E-state index is -1.10. The molecule has 15 heteroatoms. The first kappa shape index (κ1) is 40.1. The summed E-state index contributed by atoms with van der Waals surface area (Å²) in [5, 5.41) is 26.4. The monoisotopic (exact) mass is 784 g/mol. The number of carbonyl (C=O) groups is 4. The standard InChI is InChI=1S/C20H16ClFN2O3S.C17H19ClN2O3S/c21-16-7-2-1-6-15(16)17-11-28-20(23-17)24-19(27)13(10-18(25)26)8-12-4-3-5-14(22)9-12;1-10(2)12(8-15(21)22)16(23)20(3)17-19-14(9-24-17)11-6-4-5-7-13(11)18/h1-7,9,11,13H,8,10H2,(H,25,26)(H,23,24,27);4-7,9-10,12H,8H2,1-3H3,(H,21,22)/t13-;12-/m10/s1. The first-order chi connectivity index (χ1) is 24.7. The molecule has 10 nitrogen and oxygen atoms in total. The maximum absolute atomic E-state index is 13.4. The van der Waals surface area contributed by atoms with E-state index >= 15 is 0 Å². The molecule has 0 aliphatic carbocycles. The molecule has 2 heterocycles. The molecule has 0 saturated carbocycles. The van der Waals surface area contributed by atoms with Crippen molar-refractivity contribution in [2.24, 2.45) is 17.8 Å². The maximum atomic E-state index is 13.4. The number of hydrogen-bond donors (Lipinski definition) is 3. The third kappa shape index (κ3) is 11.2. The van der Waals surface area contributed by atoms with Crippen LogP contribution < -0.4 is 10.2 Å². The number of aliphatic carboxylic acids is 2. The third-order valence-electron chi connectivity index (χ3n) is 7.82. The molecule has 0 unspecified atom stereocenters. The van der Waals surface area contributed by atoms with E-state index in [2.05, 4.69) is 15.3 Å². The van der Waals surface area contributed by atoms with Crippen molar-refractivity contribution in [1.82, 2.24) is 9.97 Å². The normalized spacial score (nSPS) is 12.0. The fourth-order valence-electron chi connectivity index (χ4n) is 5.10. The number of nitrogens with one attached hydrogen (secondary N) is 1. The van der Waals surface area contributed by atoms with Gasteiger partial charge in [0.2, 0.25) is 11.8 Å². The highest BCUT2D eigenvalue weighted by Gasteiger charge is 2.29. The average Bonchev–Trinajstić information content (AvgIpc) is 3.77. The highest BCUT2D eigenvalue weighted by molar-refractivity contribution is 7.14. The Hall–Kier alpha value is -4.69. The summed E-state index contributed by atoms with van der Waals surface area (Å²) in [6, 6.07) is 20.3. The number of hydrogen-bond acceptors (Lipinski definition) is 8. The predicted octanol–water partition coefficient (Wildman–Crippen LogP) is 9.05. The summed E-state index contributed by atoms with van der Waals surface area (Å²) in [6.07, 6.45) is -0.451. The lowest BCUT2D eigenvalue weighted by molar-refractivity contribution is -0.141. The van der Waals surface area contributed by atoms with Crippen LogP contribution in [-0.2, 0) is 25.6 Å². The maximum Gasteiger partial charge on any atom is 0.304 e. The third-order valence-corrected chi connectivity index (χ3v) is 10.2. The van der Waals surface area contributed by atoms with E-state index in [-0.39, 0.29) is 31.1 Å². The zero-order valence-electron chi connectivity index (χ0n) is 28.3. The summed E-state index contributed by atoms with van der Waals surface area (Å²) < 4.78 is 13.4. The molecule has 5 rings (SSSR count). The number of rotatable bonds is 13. The number of aromatic nitrogens is 2. The Labute approximate surface area is 317 Å². The Morgan fingerprint density at radius 2 is 1.40 bits per heavy atom. The Kier molecular flexibility index (Phi) is 14.4. The van der Waals surface area contributed by atoms with Gasteiger partial charge in [-0.05, 0) is 42.2 Å². The van der Waals surface area contributed by atoms with Crippen LogP contribution in [0.4, 0.5) is 14.7 Å². The number of thiazole rings is 2. The highest BCUT2D eigenvalue weighted by atomic mass is 35.5. The Bertz CT molecular complexity index is 2040. The second-order valence-electron chi connectivity index (χ2n) is 12.0. The zero-order chi connectivity index (χ0) is 37.9. The quantitative estimate of drug-likeness (QED) is 0.107. The van der Waals surface area contributed by atoms with Crippen LogP contribution in [0.15, 0.2) is 83.6 Å². The molecule has 0 saturated heterocycles. The zero-order valence-corrected chi connectivity index (χ0v) is 31.4. The predicted molar refractivity (Wildman–Crippen MR) is 204 cm³/mol. The van der Waals surface area contributed by atoms with Gasteiger partial charge in [-0.2, -0.15) is 0 Å². The summed E-state index contributed by atoms with van der Waals surface area (Å²) in [5.74, 6) is -4.75. The lowest BCUT2D eigenvalue weighted by atomic mass is 9.91. The fraction of sp³-hybridized carbons (Fsp3) is 0.243. The number of nitrogens with zero attached hydrogens (tertiary/aromatic N) is 3. The van der Waals surface area contributed by atoms with E-state index in [4.69, 9.17) is 33.4 Å². The van der Waals surface area contributed by atoms with Crippen molar-refractivity contribution < 1.29 is 33.8 Å². The molecule has 3 N–H and O–H groups in total. The van der Waals surface area contributed by atoms with Gasteiger partial charge in [0, 0.05) is 39.0 Å². The molecule has 0 aliphatic heterocycles. The number of benzene rings is 3. The van der Waals surface area contributed by atoms with Gasteiger partial charge >= 0.3 is 11.9 Å². The molecule has 0 fully saturated rings. The van der Waals surface area contributed by atoms with Crippen molar-refractivity contribution in [2.45, 2.75) is 33.1 Å². The van der Waals surface area contributed by atoms with Crippen LogP contribution >= 0.6 is 45.9 Å². The first-order valence-corrected chi connectivity index (χ1v) is 18.4. The van der Waals surface area contributed by atoms with Crippen LogP contribution in [0.25, 0.3) is 22.5 Å². The van der Waals surface area contributed by atoms with Crippen LogP contribution in [0.1, 0.15) is 32.3 Å². The molecule has 272 valence electrons. The van der Waals surface area contributed by atoms with E-state index in [0.717, 1.165) is 11.1 Å². The van der Waals surface area contributed by atoms with Gasteiger partial charge in [0.25, 0.3) is 0 Å². The van der Waals surface area contributed by atoms with E-state index in [1.165, 1.54) is 45.8 Å². The topological polar surface area (TPSA) is 150 Å². The number of carboxylic acids is 2. The van der Waals surface area contributed by atoms with Gasteiger partial charge in [-0.3, -0.25) is 24.1 Å². The number of carbonyl (C=O) groups excluding carboxylic acids is 2. The van der Waals surface area contributed by atoms with Gasteiger partial charge in [0.1, 0.15) is 5.82 Å². The molecule has 2 aromatic heterocycles. The first-order valence-electron chi connectivity index (χ1n) is 15.9. The summed E-state index contributed by atoms with van der Waals surface area (Å²) in [6.45, 7) is 3.69. The SMILES string of the molecule is CC(C)[C@H](CC(=O)O)C(=O)N(C)c1nc(-c2ccccc2Cl)cs1.O=C(O)C[C@@H](Cc1cccc(F)c1)C(=O)Nc1nc(-c2ccccc2Cl)cs1. The van der Waals surface area contributed by atoms with E-state index in [0.29, 0.717) is 37.3 Å². The molecule has 0 spiro atoms. The van der Waals surface area contributed by atoms with E-state index < -0.39 is 35.5 Å².